The molecule has 38 valence electrons. The first-order valence-electron chi connectivity index (χ1n) is 1.65. The van der Waals surface area contributed by atoms with Crippen molar-refractivity contribution in [1.82, 2.24) is 4.31 Å². The predicted molar refractivity (Wildman–Crippen MR) is 28.3 cm³/mol. The largest absolute Gasteiger partial charge is 0.304 e. The lowest BCUT2D eigenvalue weighted by molar-refractivity contribution is 0.457. The van der Waals surface area contributed by atoms with Gasteiger partial charge in [0.1, 0.15) is 0 Å². The van der Waals surface area contributed by atoms with Gasteiger partial charge in [-0.05, 0) is 14.1 Å². The number of hydrogen-bond donors (Lipinski definition) is 0. The van der Waals surface area contributed by atoms with Gasteiger partial charge in [0.25, 0.3) is 0 Å². The monoisotopic (exact) mass is 107 g/mol. The molecule has 0 unspecified atom stereocenters. The van der Waals surface area contributed by atoms with E-state index in [1.54, 1.807) is 7.11 Å². The van der Waals surface area contributed by atoms with E-state index in [1.165, 1.54) is 12.2 Å². The number of hydrogen-bond acceptors (Lipinski definition) is 3. The maximum atomic E-state index is 4.65. The predicted octanol–water partition coefficient (Wildman–Crippen LogP) is 0.758. The molecule has 0 aliphatic carbocycles. The third kappa shape index (κ3) is 4.27. The lowest BCUT2D eigenvalue weighted by Gasteiger charge is -2.01. The second-order valence-electron chi connectivity index (χ2n) is 1.05. The topological polar surface area (TPSA) is 12.5 Å². The molecule has 0 aromatic carbocycles. The van der Waals surface area contributed by atoms with E-state index in [0.717, 1.165) is 0 Å². The molecule has 0 aliphatic rings. The summed E-state index contributed by atoms with van der Waals surface area (Å²) in [5.74, 6) is 0. The van der Waals surface area contributed by atoms with Crippen molar-refractivity contribution in [2.24, 2.45) is 0 Å². The first kappa shape index (κ1) is 6.27. The van der Waals surface area contributed by atoms with Gasteiger partial charge >= 0.3 is 0 Å². The lowest BCUT2D eigenvalue weighted by Crippen LogP contribution is -1.98. The highest BCUT2D eigenvalue weighted by Crippen LogP contribution is 1.99. The standard InChI is InChI=1S/C3H9NOS/c1-4(2)6-5-3/h1-3H3. The Balaban J connectivity index is 2.63. The van der Waals surface area contributed by atoms with Crippen LogP contribution in [-0.4, -0.2) is 25.5 Å². The average molecular weight is 107 g/mol. The summed E-state index contributed by atoms with van der Waals surface area (Å²) in [6.07, 6.45) is 0. The zero-order valence-corrected chi connectivity index (χ0v) is 5.08. The minimum atomic E-state index is 1.32. The van der Waals surface area contributed by atoms with Crippen molar-refractivity contribution in [2.45, 2.75) is 0 Å². The van der Waals surface area contributed by atoms with Crippen molar-refractivity contribution in [2.75, 3.05) is 21.2 Å². The Morgan fingerprint density at radius 3 is 2.00 bits per heavy atom. The first-order chi connectivity index (χ1) is 2.77. The summed E-state index contributed by atoms with van der Waals surface area (Å²) in [5, 5.41) is 0. The SMILES string of the molecule is COSN(C)C. The van der Waals surface area contributed by atoms with E-state index in [1.807, 2.05) is 18.4 Å². The van der Waals surface area contributed by atoms with Crippen molar-refractivity contribution in [1.29, 1.82) is 0 Å². The van der Waals surface area contributed by atoms with Gasteiger partial charge in [-0.2, -0.15) is 0 Å². The molecule has 0 aliphatic heterocycles. The number of rotatable bonds is 2. The smallest absolute Gasteiger partial charge is 0.0810 e. The fourth-order valence-electron chi connectivity index (χ4n) is 0.149. The molecule has 0 amide bonds. The lowest BCUT2D eigenvalue weighted by atomic mass is 11.3. The minimum Gasteiger partial charge on any atom is -0.304 e. The summed E-state index contributed by atoms with van der Waals surface area (Å²) in [5.41, 5.74) is 0. The minimum absolute atomic E-state index is 1.32. The highest BCUT2D eigenvalue weighted by molar-refractivity contribution is 7.92. The van der Waals surface area contributed by atoms with Gasteiger partial charge in [-0.25, -0.2) is 4.31 Å². The number of nitrogens with zero attached hydrogens (tertiary/aromatic N) is 1. The van der Waals surface area contributed by atoms with Crippen LogP contribution in [0.4, 0.5) is 0 Å². The van der Waals surface area contributed by atoms with E-state index in [4.69, 9.17) is 0 Å². The molecule has 0 saturated carbocycles. The molecule has 6 heavy (non-hydrogen) atoms. The van der Waals surface area contributed by atoms with Gasteiger partial charge < -0.3 is 4.18 Å². The molecule has 0 bridgehead atoms. The Bertz CT molecular complexity index is 32.0. The first-order valence-corrected chi connectivity index (χ1v) is 2.35. The summed E-state index contributed by atoms with van der Waals surface area (Å²) in [6.45, 7) is 0. The van der Waals surface area contributed by atoms with Gasteiger partial charge in [-0.1, -0.05) is 0 Å². The molecule has 0 spiro atoms. The fourth-order valence-corrected chi connectivity index (χ4v) is 0.447. The molecule has 0 rings (SSSR count). The summed E-state index contributed by atoms with van der Waals surface area (Å²) >= 11 is 1.32. The van der Waals surface area contributed by atoms with Crippen LogP contribution < -0.4 is 0 Å². The van der Waals surface area contributed by atoms with E-state index in [0.29, 0.717) is 0 Å². The van der Waals surface area contributed by atoms with Crippen LogP contribution in [0, 0.1) is 0 Å². The van der Waals surface area contributed by atoms with E-state index >= 15 is 0 Å². The second kappa shape index (κ2) is 3.46. The normalized spacial score (nSPS) is 10.0. The van der Waals surface area contributed by atoms with E-state index in [2.05, 4.69) is 4.18 Å². The van der Waals surface area contributed by atoms with Crippen LogP contribution >= 0.6 is 12.2 Å². The van der Waals surface area contributed by atoms with Crippen LogP contribution in [0.1, 0.15) is 0 Å². The molecular weight excluding hydrogens is 98.1 g/mol. The molecule has 0 N–H and O–H groups in total. The van der Waals surface area contributed by atoms with E-state index in [-0.39, 0.29) is 0 Å². The molecule has 3 heteroatoms. The summed E-state index contributed by atoms with van der Waals surface area (Å²) in [6, 6.07) is 0. The zero-order valence-electron chi connectivity index (χ0n) is 4.26. The van der Waals surface area contributed by atoms with Gasteiger partial charge in [-0.3, -0.25) is 0 Å². The maximum Gasteiger partial charge on any atom is 0.0810 e. The van der Waals surface area contributed by atoms with Crippen LogP contribution in [0.15, 0.2) is 0 Å². The van der Waals surface area contributed by atoms with Gasteiger partial charge in [0, 0.05) is 0 Å². The van der Waals surface area contributed by atoms with Crippen molar-refractivity contribution in [3.63, 3.8) is 0 Å². The summed E-state index contributed by atoms with van der Waals surface area (Å²) in [7, 11) is 5.49. The van der Waals surface area contributed by atoms with Crippen molar-refractivity contribution < 1.29 is 4.18 Å². The Labute approximate surface area is 42.8 Å². The van der Waals surface area contributed by atoms with E-state index < -0.39 is 0 Å². The summed E-state index contributed by atoms with van der Waals surface area (Å²) < 4.78 is 6.52. The quantitative estimate of drug-likeness (QED) is 0.382. The molecule has 2 nitrogen and oxygen atoms in total. The van der Waals surface area contributed by atoms with Gasteiger partial charge in [0.05, 0.1) is 19.3 Å². The van der Waals surface area contributed by atoms with Crippen LogP contribution in [0.2, 0.25) is 0 Å². The fraction of sp³-hybridized carbons (Fsp3) is 1.00. The Morgan fingerprint density at radius 2 is 2.00 bits per heavy atom. The molecule has 0 atom stereocenters. The zero-order chi connectivity index (χ0) is 4.99. The Hall–Kier alpha value is 0.270. The summed E-state index contributed by atoms with van der Waals surface area (Å²) in [4.78, 5) is 0. The highest BCUT2D eigenvalue weighted by Gasteiger charge is 1.81. The maximum absolute atomic E-state index is 4.65. The van der Waals surface area contributed by atoms with Crippen LogP contribution in [-0.2, 0) is 4.18 Å². The van der Waals surface area contributed by atoms with Crippen LogP contribution in [0.3, 0.4) is 0 Å². The molecule has 0 fully saturated rings. The molecule has 0 aromatic rings. The van der Waals surface area contributed by atoms with Gasteiger partial charge in [0.2, 0.25) is 0 Å². The van der Waals surface area contributed by atoms with Crippen LogP contribution in [0.25, 0.3) is 0 Å². The van der Waals surface area contributed by atoms with E-state index in [9.17, 15) is 0 Å². The molecule has 0 saturated heterocycles. The second-order valence-corrected chi connectivity index (χ2v) is 2.27. The highest BCUT2D eigenvalue weighted by atomic mass is 32.2. The van der Waals surface area contributed by atoms with Crippen LogP contribution in [0.5, 0.6) is 0 Å². The third-order valence-electron chi connectivity index (χ3n) is 0.224. The van der Waals surface area contributed by atoms with Crippen molar-refractivity contribution in [3.8, 4) is 0 Å². The van der Waals surface area contributed by atoms with Crippen molar-refractivity contribution in [3.05, 3.63) is 0 Å². The molecule has 0 aromatic heterocycles. The molecule has 0 heterocycles. The van der Waals surface area contributed by atoms with Crippen molar-refractivity contribution >= 4 is 12.2 Å². The Morgan fingerprint density at radius 1 is 1.50 bits per heavy atom. The molecule has 0 radical (unpaired) electrons. The Kier molecular flexibility index (Phi) is 3.62. The molecular formula is C3H9NOS. The average Bonchev–Trinajstić information content (AvgIpc) is 1.35. The van der Waals surface area contributed by atoms with Gasteiger partial charge in [0.15, 0.2) is 0 Å². The van der Waals surface area contributed by atoms with Gasteiger partial charge in [-0.15, -0.1) is 0 Å². The third-order valence-corrected chi connectivity index (χ3v) is 0.671.